The molecule has 0 saturated heterocycles. The van der Waals surface area contributed by atoms with Crippen molar-refractivity contribution in [3.63, 3.8) is 0 Å². The Bertz CT molecular complexity index is 394. The van der Waals surface area contributed by atoms with Crippen LogP contribution in [-0.2, 0) is 0 Å². The van der Waals surface area contributed by atoms with Crippen LogP contribution >= 0.6 is 0 Å². The highest BCUT2D eigenvalue weighted by atomic mass is 16.2. The summed E-state index contributed by atoms with van der Waals surface area (Å²) in [5.41, 5.74) is 7.64. The van der Waals surface area contributed by atoms with Gasteiger partial charge in [-0.3, -0.25) is 0 Å². The number of carbonyl (C=O) groups excluding carboxylic acids is 1. The van der Waals surface area contributed by atoms with Crippen LogP contribution in [-0.4, -0.2) is 12.1 Å². The first-order chi connectivity index (χ1) is 8.65. The SMILES string of the molecule is CC(N)c1ccc(NC(=O)NC2CCCC2)cc1. The lowest BCUT2D eigenvalue weighted by Crippen LogP contribution is -2.36. The fraction of sp³-hybridized carbons (Fsp3) is 0.500. The van der Waals surface area contributed by atoms with Gasteiger partial charge in [0.2, 0.25) is 0 Å². The number of amides is 2. The number of nitrogens with one attached hydrogen (secondary N) is 2. The number of rotatable bonds is 3. The van der Waals surface area contributed by atoms with Crippen molar-refractivity contribution in [1.82, 2.24) is 5.32 Å². The molecule has 4 nitrogen and oxygen atoms in total. The highest BCUT2D eigenvalue weighted by Gasteiger charge is 2.16. The molecule has 1 atom stereocenters. The lowest BCUT2D eigenvalue weighted by molar-refractivity contribution is 0.248. The summed E-state index contributed by atoms with van der Waals surface area (Å²) in [6.07, 6.45) is 4.62. The summed E-state index contributed by atoms with van der Waals surface area (Å²) in [4.78, 5) is 11.7. The molecule has 0 spiro atoms. The van der Waals surface area contributed by atoms with Gasteiger partial charge in [0.15, 0.2) is 0 Å². The third kappa shape index (κ3) is 3.47. The zero-order valence-corrected chi connectivity index (χ0v) is 10.8. The normalized spacial score (nSPS) is 17.4. The van der Waals surface area contributed by atoms with Crippen LogP contribution in [0.1, 0.15) is 44.2 Å². The Kier molecular flexibility index (Phi) is 4.20. The van der Waals surface area contributed by atoms with Gasteiger partial charge in [0.05, 0.1) is 0 Å². The molecule has 0 heterocycles. The fourth-order valence-electron chi connectivity index (χ4n) is 2.29. The largest absolute Gasteiger partial charge is 0.335 e. The minimum Gasteiger partial charge on any atom is -0.335 e. The van der Waals surface area contributed by atoms with Crippen molar-refractivity contribution in [3.8, 4) is 0 Å². The maximum absolute atomic E-state index is 11.7. The minimum absolute atomic E-state index is 0.0198. The van der Waals surface area contributed by atoms with Gasteiger partial charge in [-0.2, -0.15) is 0 Å². The summed E-state index contributed by atoms with van der Waals surface area (Å²) in [6.45, 7) is 1.94. The molecule has 1 aliphatic rings. The van der Waals surface area contributed by atoms with Crippen LogP contribution in [0, 0.1) is 0 Å². The third-order valence-electron chi connectivity index (χ3n) is 3.38. The van der Waals surface area contributed by atoms with Crippen molar-refractivity contribution in [1.29, 1.82) is 0 Å². The van der Waals surface area contributed by atoms with Crippen molar-refractivity contribution in [2.45, 2.75) is 44.7 Å². The van der Waals surface area contributed by atoms with Gasteiger partial charge in [0.25, 0.3) is 0 Å². The van der Waals surface area contributed by atoms with E-state index in [1.54, 1.807) is 0 Å². The molecule has 4 heteroatoms. The van der Waals surface area contributed by atoms with Gasteiger partial charge >= 0.3 is 6.03 Å². The molecule has 1 aromatic carbocycles. The van der Waals surface area contributed by atoms with E-state index >= 15 is 0 Å². The molecule has 1 aliphatic carbocycles. The van der Waals surface area contributed by atoms with Crippen molar-refractivity contribution < 1.29 is 4.79 Å². The monoisotopic (exact) mass is 247 g/mol. The average Bonchev–Trinajstić information content (AvgIpc) is 2.82. The number of hydrogen-bond donors (Lipinski definition) is 3. The third-order valence-corrected chi connectivity index (χ3v) is 3.38. The second-order valence-electron chi connectivity index (χ2n) is 4.99. The summed E-state index contributed by atoms with van der Waals surface area (Å²) in [6, 6.07) is 7.89. The van der Waals surface area contributed by atoms with Crippen molar-refractivity contribution in [3.05, 3.63) is 29.8 Å². The molecule has 2 rings (SSSR count). The van der Waals surface area contributed by atoms with Gasteiger partial charge in [-0.15, -0.1) is 0 Å². The highest BCUT2D eigenvalue weighted by molar-refractivity contribution is 5.89. The maximum atomic E-state index is 11.7. The van der Waals surface area contributed by atoms with E-state index in [1.807, 2.05) is 31.2 Å². The van der Waals surface area contributed by atoms with Crippen LogP contribution in [0.5, 0.6) is 0 Å². The minimum atomic E-state index is -0.115. The molecule has 0 aromatic heterocycles. The molecule has 1 unspecified atom stereocenters. The van der Waals surface area contributed by atoms with Crippen LogP contribution in [0.15, 0.2) is 24.3 Å². The average molecular weight is 247 g/mol. The van der Waals surface area contributed by atoms with E-state index in [0.717, 1.165) is 24.1 Å². The Balaban J connectivity index is 1.86. The molecule has 98 valence electrons. The summed E-state index contributed by atoms with van der Waals surface area (Å²) >= 11 is 0. The van der Waals surface area contributed by atoms with E-state index in [-0.39, 0.29) is 12.1 Å². The van der Waals surface area contributed by atoms with Crippen LogP contribution in [0.2, 0.25) is 0 Å². The Morgan fingerprint density at radius 2 is 1.89 bits per heavy atom. The zero-order chi connectivity index (χ0) is 13.0. The zero-order valence-electron chi connectivity index (χ0n) is 10.8. The molecule has 0 bridgehead atoms. The number of hydrogen-bond acceptors (Lipinski definition) is 2. The lowest BCUT2D eigenvalue weighted by Gasteiger charge is -2.13. The molecular weight excluding hydrogens is 226 g/mol. The van der Waals surface area contributed by atoms with E-state index in [2.05, 4.69) is 10.6 Å². The Morgan fingerprint density at radius 1 is 1.28 bits per heavy atom. The van der Waals surface area contributed by atoms with Crippen LogP contribution in [0.3, 0.4) is 0 Å². The molecule has 18 heavy (non-hydrogen) atoms. The quantitative estimate of drug-likeness (QED) is 0.768. The molecule has 1 aromatic rings. The molecular formula is C14H21N3O. The molecule has 1 fully saturated rings. The van der Waals surface area contributed by atoms with Crippen LogP contribution in [0.25, 0.3) is 0 Å². The molecule has 2 amide bonds. The van der Waals surface area contributed by atoms with Gasteiger partial charge in [0.1, 0.15) is 0 Å². The first kappa shape index (κ1) is 12.9. The topological polar surface area (TPSA) is 67.1 Å². The number of anilines is 1. The lowest BCUT2D eigenvalue weighted by atomic mass is 10.1. The van der Waals surface area contributed by atoms with E-state index in [4.69, 9.17) is 5.73 Å². The Morgan fingerprint density at radius 3 is 2.44 bits per heavy atom. The summed E-state index contributed by atoms with van der Waals surface area (Å²) in [7, 11) is 0. The molecule has 0 radical (unpaired) electrons. The van der Waals surface area contributed by atoms with Crippen LogP contribution in [0.4, 0.5) is 10.5 Å². The van der Waals surface area contributed by atoms with Gasteiger partial charge in [-0.25, -0.2) is 4.79 Å². The predicted molar refractivity (Wildman–Crippen MR) is 73.5 cm³/mol. The number of urea groups is 1. The van der Waals surface area contributed by atoms with Gasteiger partial charge in [-0.05, 0) is 37.5 Å². The Hall–Kier alpha value is -1.55. The van der Waals surface area contributed by atoms with E-state index < -0.39 is 0 Å². The number of nitrogens with two attached hydrogens (primary N) is 1. The number of carbonyl (C=O) groups is 1. The highest BCUT2D eigenvalue weighted by Crippen LogP contribution is 2.18. The predicted octanol–water partition coefficient (Wildman–Crippen LogP) is 2.77. The second-order valence-corrected chi connectivity index (χ2v) is 4.99. The maximum Gasteiger partial charge on any atom is 0.319 e. The Labute approximate surface area is 108 Å². The fourth-order valence-corrected chi connectivity index (χ4v) is 2.29. The molecule has 4 N–H and O–H groups in total. The van der Waals surface area contributed by atoms with Gasteiger partial charge in [-0.1, -0.05) is 25.0 Å². The number of benzene rings is 1. The van der Waals surface area contributed by atoms with E-state index in [1.165, 1.54) is 12.8 Å². The van der Waals surface area contributed by atoms with Crippen molar-refractivity contribution in [2.75, 3.05) is 5.32 Å². The molecule has 0 aliphatic heterocycles. The van der Waals surface area contributed by atoms with E-state index in [0.29, 0.717) is 6.04 Å². The first-order valence-electron chi connectivity index (χ1n) is 6.58. The first-order valence-corrected chi connectivity index (χ1v) is 6.58. The van der Waals surface area contributed by atoms with Crippen molar-refractivity contribution in [2.24, 2.45) is 5.73 Å². The smallest absolute Gasteiger partial charge is 0.319 e. The summed E-state index contributed by atoms with van der Waals surface area (Å²) in [5.74, 6) is 0. The van der Waals surface area contributed by atoms with Gasteiger partial charge < -0.3 is 16.4 Å². The second kappa shape index (κ2) is 5.87. The van der Waals surface area contributed by atoms with E-state index in [9.17, 15) is 4.79 Å². The van der Waals surface area contributed by atoms with Crippen molar-refractivity contribution >= 4 is 11.7 Å². The van der Waals surface area contributed by atoms with Gasteiger partial charge in [0, 0.05) is 17.8 Å². The summed E-state index contributed by atoms with van der Waals surface area (Å²) in [5, 5.41) is 5.83. The summed E-state index contributed by atoms with van der Waals surface area (Å²) < 4.78 is 0. The van der Waals surface area contributed by atoms with Crippen LogP contribution < -0.4 is 16.4 Å². The standard InChI is InChI=1S/C14H21N3O/c1-10(15)11-6-8-13(9-7-11)17-14(18)16-12-4-2-3-5-12/h6-10,12H,2-5,15H2,1H3,(H2,16,17,18). The molecule has 1 saturated carbocycles.